The zero-order valence-corrected chi connectivity index (χ0v) is 16.5. The van der Waals surface area contributed by atoms with E-state index in [1.807, 2.05) is 0 Å². The predicted molar refractivity (Wildman–Crippen MR) is 126 cm³/mol. The molecule has 5 aromatic carbocycles. The molecule has 0 saturated heterocycles. The molecule has 0 radical (unpaired) electrons. The molecule has 0 spiro atoms. The van der Waals surface area contributed by atoms with Gasteiger partial charge in [-0.15, -0.1) is 0 Å². The predicted octanol–water partition coefficient (Wildman–Crippen LogP) is 8.03. The van der Waals surface area contributed by atoms with Gasteiger partial charge in [-0.2, -0.15) is 0 Å². The van der Waals surface area contributed by atoms with Crippen LogP contribution in [0.3, 0.4) is 0 Å². The quantitative estimate of drug-likeness (QED) is 0.288. The summed E-state index contributed by atoms with van der Waals surface area (Å²) < 4.78 is 0. The van der Waals surface area contributed by atoms with Gasteiger partial charge in [0.2, 0.25) is 0 Å². The molecule has 0 atom stereocenters. The average Bonchev–Trinajstić information content (AvgIpc) is 2.80. The van der Waals surface area contributed by atoms with Crippen LogP contribution in [0.4, 0.5) is 17.1 Å². The van der Waals surface area contributed by atoms with Crippen molar-refractivity contribution in [2.24, 2.45) is 0 Å². The number of hydrogen-bond acceptors (Lipinski definition) is 1. The van der Waals surface area contributed by atoms with Crippen LogP contribution in [0, 0.1) is 0 Å². The monoisotopic (exact) mass is 373 g/mol. The largest absolute Gasteiger partial charge is 0.310 e. The Kier molecular flexibility index (Phi) is 4.50. The van der Waals surface area contributed by atoms with Gasteiger partial charge in [0.05, 0.1) is 5.69 Å². The lowest BCUT2D eigenvalue weighted by Crippen LogP contribution is -2.10. The molecule has 140 valence electrons. The molecule has 0 fully saturated rings. The van der Waals surface area contributed by atoms with E-state index < -0.39 is 0 Å². The number of nitrogens with zero attached hydrogens (tertiary/aromatic N) is 1. The molecule has 1 heteroatoms. The highest BCUT2D eigenvalue weighted by Crippen LogP contribution is 2.41. The minimum absolute atomic E-state index is 1.05. The molecule has 0 aliphatic heterocycles. The fourth-order valence-electron chi connectivity index (χ4n) is 4.10. The molecule has 0 aliphatic carbocycles. The van der Waals surface area contributed by atoms with Crippen LogP contribution in [0.1, 0.15) is 12.5 Å². The number of para-hydroxylation sites is 1. The van der Waals surface area contributed by atoms with Crippen LogP contribution in [-0.2, 0) is 6.42 Å². The highest BCUT2D eigenvalue weighted by molar-refractivity contribution is 6.14. The van der Waals surface area contributed by atoms with E-state index in [0.29, 0.717) is 0 Å². The average molecular weight is 373 g/mol. The van der Waals surface area contributed by atoms with Gasteiger partial charge in [-0.3, -0.25) is 0 Å². The zero-order chi connectivity index (χ0) is 19.6. The maximum absolute atomic E-state index is 2.37. The molecule has 0 unspecified atom stereocenters. The van der Waals surface area contributed by atoms with Crippen molar-refractivity contribution in [2.75, 3.05) is 4.90 Å². The molecule has 0 aliphatic rings. The number of rotatable bonds is 4. The Morgan fingerprint density at radius 2 is 1.14 bits per heavy atom. The lowest BCUT2D eigenvalue weighted by atomic mass is 9.99. The molecule has 0 N–H and O–H groups in total. The van der Waals surface area contributed by atoms with Gasteiger partial charge in [0.15, 0.2) is 0 Å². The Morgan fingerprint density at radius 3 is 1.86 bits per heavy atom. The molecule has 0 saturated carbocycles. The van der Waals surface area contributed by atoms with Crippen LogP contribution in [-0.4, -0.2) is 0 Å². The number of hydrogen-bond donors (Lipinski definition) is 0. The van der Waals surface area contributed by atoms with Gasteiger partial charge in [-0.25, -0.2) is 0 Å². The number of fused-ring (bicyclic) bond motifs is 3. The molecule has 0 amide bonds. The van der Waals surface area contributed by atoms with E-state index in [2.05, 4.69) is 121 Å². The van der Waals surface area contributed by atoms with E-state index in [-0.39, 0.29) is 0 Å². The van der Waals surface area contributed by atoms with Gasteiger partial charge in [0.25, 0.3) is 0 Å². The lowest BCUT2D eigenvalue weighted by Gasteiger charge is -2.27. The Bertz CT molecular complexity index is 1270. The first-order chi connectivity index (χ1) is 14.3. The molecule has 0 bridgehead atoms. The van der Waals surface area contributed by atoms with Gasteiger partial charge in [0.1, 0.15) is 0 Å². The van der Waals surface area contributed by atoms with Crippen molar-refractivity contribution in [1.29, 1.82) is 0 Å². The van der Waals surface area contributed by atoms with Crippen molar-refractivity contribution in [2.45, 2.75) is 13.3 Å². The van der Waals surface area contributed by atoms with Gasteiger partial charge in [0, 0.05) is 16.8 Å². The summed E-state index contributed by atoms with van der Waals surface area (Å²) in [5.74, 6) is 0. The summed E-state index contributed by atoms with van der Waals surface area (Å²) in [5.41, 5.74) is 4.89. The summed E-state index contributed by atoms with van der Waals surface area (Å²) in [6.45, 7) is 2.20. The molecule has 0 heterocycles. The Balaban J connectivity index is 1.82. The summed E-state index contributed by atoms with van der Waals surface area (Å²) in [6.07, 6.45) is 1.05. The van der Waals surface area contributed by atoms with Crippen LogP contribution < -0.4 is 4.90 Å². The van der Waals surface area contributed by atoms with Gasteiger partial charge >= 0.3 is 0 Å². The first kappa shape index (κ1) is 17.5. The van der Waals surface area contributed by atoms with Crippen molar-refractivity contribution in [1.82, 2.24) is 0 Å². The first-order valence-corrected chi connectivity index (χ1v) is 10.2. The highest BCUT2D eigenvalue weighted by Gasteiger charge is 2.16. The van der Waals surface area contributed by atoms with Crippen LogP contribution in [0.15, 0.2) is 109 Å². The fraction of sp³-hybridized carbons (Fsp3) is 0.0714. The van der Waals surface area contributed by atoms with Crippen molar-refractivity contribution in [3.05, 3.63) is 115 Å². The number of benzene rings is 5. The van der Waals surface area contributed by atoms with E-state index in [9.17, 15) is 0 Å². The molecular formula is C28H23N. The molecular weight excluding hydrogens is 350 g/mol. The van der Waals surface area contributed by atoms with Crippen molar-refractivity contribution < 1.29 is 0 Å². The Hall–Kier alpha value is -3.58. The van der Waals surface area contributed by atoms with Gasteiger partial charge < -0.3 is 4.90 Å². The number of anilines is 3. The Morgan fingerprint density at radius 1 is 0.552 bits per heavy atom. The maximum Gasteiger partial charge on any atom is 0.0546 e. The third-order valence-electron chi connectivity index (χ3n) is 5.60. The fourth-order valence-corrected chi connectivity index (χ4v) is 4.10. The maximum atomic E-state index is 2.37. The SMILES string of the molecule is CCc1ccc(N(c2ccccc2)c2cc3ccccc3c3ccccc23)cc1. The minimum Gasteiger partial charge on any atom is -0.310 e. The van der Waals surface area contributed by atoms with E-state index in [0.717, 1.165) is 12.1 Å². The second kappa shape index (κ2) is 7.44. The van der Waals surface area contributed by atoms with Gasteiger partial charge in [-0.1, -0.05) is 85.8 Å². The van der Waals surface area contributed by atoms with Crippen molar-refractivity contribution in [3.8, 4) is 0 Å². The summed E-state index contributed by atoms with van der Waals surface area (Å²) in [7, 11) is 0. The zero-order valence-electron chi connectivity index (χ0n) is 16.5. The van der Waals surface area contributed by atoms with Crippen LogP contribution >= 0.6 is 0 Å². The first-order valence-electron chi connectivity index (χ1n) is 10.2. The third kappa shape index (κ3) is 3.15. The van der Waals surface area contributed by atoms with Gasteiger partial charge in [-0.05, 0) is 58.5 Å². The third-order valence-corrected chi connectivity index (χ3v) is 5.60. The standard InChI is InChI=1S/C28H23N/c1-2-21-16-18-24(19-17-21)29(23-11-4-3-5-12-23)28-20-22-10-6-7-13-25(22)26-14-8-9-15-27(26)28/h3-20H,2H2,1H3. The second-order valence-corrected chi connectivity index (χ2v) is 7.35. The normalized spacial score (nSPS) is 11.1. The molecule has 1 nitrogen and oxygen atoms in total. The van der Waals surface area contributed by atoms with E-state index in [1.54, 1.807) is 0 Å². The second-order valence-electron chi connectivity index (χ2n) is 7.35. The topological polar surface area (TPSA) is 3.24 Å². The molecule has 29 heavy (non-hydrogen) atoms. The van der Waals surface area contributed by atoms with Crippen molar-refractivity contribution in [3.63, 3.8) is 0 Å². The molecule has 5 rings (SSSR count). The summed E-state index contributed by atoms with van der Waals surface area (Å²) in [4.78, 5) is 2.37. The molecule has 5 aromatic rings. The molecule has 0 aromatic heterocycles. The minimum atomic E-state index is 1.05. The van der Waals surface area contributed by atoms with Crippen LogP contribution in [0.5, 0.6) is 0 Å². The Labute approximate surface area is 171 Å². The van der Waals surface area contributed by atoms with E-state index in [4.69, 9.17) is 0 Å². The highest BCUT2D eigenvalue weighted by atomic mass is 15.1. The van der Waals surface area contributed by atoms with Crippen LogP contribution in [0.25, 0.3) is 21.5 Å². The summed E-state index contributed by atoms with van der Waals surface area (Å²) >= 11 is 0. The van der Waals surface area contributed by atoms with E-state index in [1.165, 1.54) is 38.5 Å². The summed E-state index contributed by atoms with van der Waals surface area (Å²) in [6, 6.07) is 39.2. The summed E-state index contributed by atoms with van der Waals surface area (Å²) in [5, 5.41) is 5.09. The smallest absolute Gasteiger partial charge is 0.0546 e. The van der Waals surface area contributed by atoms with Crippen molar-refractivity contribution >= 4 is 38.6 Å². The number of aryl methyl sites for hydroxylation is 1. The lowest BCUT2D eigenvalue weighted by molar-refractivity contribution is 1.14. The van der Waals surface area contributed by atoms with Crippen LogP contribution in [0.2, 0.25) is 0 Å². The van der Waals surface area contributed by atoms with E-state index >= 15 is 0 Å².